The van der Waals surface area contributed by atoms with E-state index in [0.717, 1.165) is 11.1 Å². The number of carbonyl (C=O) groups excluding carboxylic acids is 2. The molecule has 1 fully saturated rings. The molecule has 1 heterocycles. The van der Waals surface area contributed by atoms with Crippen LogP contribution in [0.2, 0.25) is 0 Å². The van der Waals surface area contributed by atoms with Gasteiger partial charge in [-0.3, -0.25) is 9.59 Å². The van der Waals surface area contributed by atoms with Crippen molar-refractivity contribution in [2.24, 2.45) is 0 Å². The number of carbonyl (C=O) groups is 2. The third-order valence-corrected chi connectivity index (χ3v) is 4.07. The maximum Gasteiger partial charge on any atom is 0.249 e. The molecular formula is C19H19FN2O3. The number of morpholine rings is 1. The quantitative estimate of drug-likeness (QED) is 0.929. The standard InChI is InChI=1S/C19H19FN2O3/c1-13-5-7-14(8-6-13)10-22-17(11-25-12-18(22)23)19(24)21-16-4-2-3-15(20)9-16/h2-9,17H,10-12H2,1H3,(H,21,24)/t17-/m0/s1. The Morgan fingerprint density at radius 2 is 2.04 bits per heavy atom. The Balaban J connectivity index is 1.75. The zero-order chi connectivity index (χ0) is 17.8. The summed E-state index contributed by atoms with van der Waals surface area (Å²) in [7, 11) is 0. The molecule has 1 aliphatic rings. The van der Waals surface area contributed by atoms with Crippen LogP contribution in [-0.2, 0) is 20.9 Å². The van der Waals surface area contributed by atoms with Crippen LogP contribution in [0.3, 0.4) is 0 Å². The summed E-state index contributed by atoms with van der Waals surface area (Å²) in [6, 6.07) is 12.7. The fourth-order valence-corrected chi connectivity index (χ4v) is 2.70. The molecule has 3 rings (SSSR count). The van der Waals surface area contributed by atoms with E-state index in [1.807, 2.05) is 31.2 Å². The fourth-order valence-electron chi connectivity index (χ4n) is 2.70. The van der Waals surface area contributed by atoms with Gasteiger partial charge in [0, 0.05) is 12.2 Å². The number of rotatable bonds is 4. The van der Waals surface area contributed by atoms with Gasteiger partial charge in [-0.2, -0.15) is 0 Å². The van der Waals surface area contributed by atoms with Crippen LogP contribution in [0.4, 0.5) is 10.1 Å². The molecule has 5 nitrogen and oxygen atoms in total. The summed E-state index contributed by atoms with van der Waals surface area (Å²) in [6.07, 6.45) is 0. The van der Waals surface area contributed by atoms with Gasteiger partial charge in [-0.15, -0.1) is 0 Å². The number of halogens is 1. The lowest BCUT2D eigenvalue weighted by Gasteiger charge is -2.34. The summed E-state index contributed by atoms with van der Waals surface area (Å²) in [5.41, 5.74) is 2.40. The molecule has 2 aromatic rings. The number of hydrogen-bond acceptors (Lipinski definition) is 3. The highest BCUT2D eigenvalue weighted by Crippen LogP contribution is 2.17. The second-order valence-corrected chi connectivity index (χ2v) is 6.04. The summed E-state index contributed by atoms with van der Waals surface area (Å²) >= 11 is 0. The van der Waals surface area contributed by atoms with Gasteiger partial charge in [0.2, 0.25) is 11.8 Å². The third kappa shape index (κ3) is 4.22. The maximum atomic E-state index is 13.3. The fraction of sp³-hybridized carbons (Fsp3) is 0.263. The molecule has 130 valence electrons. The molecule has 2 amide bonds. The average Bonchev–Trinajstić information content (AvgIpc) is 2.58. The van der Waals surface area contributed by atoms with Gasteiger partial charge in [0.25, 0.3) is 0 Å². The normalized spacial score (nSPS) is 17.4. The topological polar surface area (TPSA) is 58.6 Å². The summed E-state index contributed by atoms with van der Waals surface area (Å²) in [4.78, 5) is 26.3. The smallest absolute Gasteiger partial charge is 0.249 e. The van der Waals surface area contributed by atoms with Crippen LogP contribution in [0.5, 0.6) is 0 Å². The second-order valence-electron chi connectivity index (χ2n) is 6.04. The minimum Gasteiger partial charge on any atom is -0.369 e. The van der Waals surface area contributed by atoms with E-state index < -0.39 is 17.8 Å². The lowest BCUT2D eigenvalue weighted by molar-refractivity contribution is -0.154. The number of ether oxygens (including phenoxy) is 1. The van der Waals surface area contributed by atoms with E-state index in [2.05, 4.69) is 5.32 Å². The molecule has 1 aliphatic heterocycles. The molecule has 1 N–H and O–H groups in total. The van der Waals surface area contributed by atoms with E-state index in [1.54, 1.807) is 6.07 Å². The van der Waals surface area contributed by atoms with Gasteiger partial charge in [0.1, 0.15) is 18.5 Å². The van der Waals surface area contributed by atoms with Gasteiger partial charge in [-0.25, -0.2) is 4.39 Å². The molecule has 0 unspecified atom stereocenters. The highest BCUT2D eigenvalue weighted by Gasteiger charge is 2.34. The summed E-state index contributed by atoms with van der Waals surface area (Å²) in [5, 5.41) is 2.65. The largest absolute Gasteiger partial charge is 0.369 e. The average molecular weight is 342 g/mol. The first-order valence-electron chi connectivity index (χ1n) is 8.02. The van der Waals surface area contributed by atoms with Crippen molar-refractivity contribution in [3.63, 3.8) is 0 Å². The van der Waals surface area contributed by atoms with Crippen molar-refractivity contribution in [1.82, 2.24) is 4.90 Å². The van der Waals surface area contributed by atoms with Gasteiger partial charge in [-0.1, -0.05) is 35.9 Å². The first-order chi connectivity index (χ1) is 12.0. The number of benzene rings is 2. The minimum absolute atomic E-state index is 0.0460. The van der Waals surface area contributed by atoms with Crippen molar-refractivity contribution in [2.75, 3.05) is 18.5 Å². The Morgan fingerprint density at radius 1 is 1.28 bits per heavy atom. The van der Waals surface area contributed by atoms with Crippen molar-refractivity contribution < 1.29 is 18.7 Å². The molecule has 0 spiro atoms. The molecule has 2 aromatic carbocycles. The van der Waals surface area contributed by atoms with Gasteiger partial charge in [0.15, 0.2) is 0 Å². The van der Waals surface area contributed by atoms with E-state index >= 15 is 0 Å². The second kappa shape index (κ2) is 7.44. The van der Waals surface area contributed by atoms with E-state index in [1.165, 1.54) is 23.1 Å². The number of nitrogens with one attached hydrogen (secondary N) is 1. The van der Waals surface area contributed by atoms with Crippen LogP contribution >= 0.6 is 0 Å². The Labute approximate surface area is 145 Å². The Bertz CT molecular complexity index is 776. The molecule has 0 bridgehead atoms. The Hall–Kier alpha value is -2.73. The van der Waals surface area contributed by atoms with E-state index in [0.29, 0.717) is 12.2 Å². The summed E-state index contributed by atoms with van der Waals surface area (Å²) in [6.45, 7) is 2.37. The maximum absolute atomic E-state index is 13.3. The minimum atomic E-state index is -0.758. The lowest BCUT2D eigenvalue weighted by atomic mass is 10.1. The predicted octanol–water partition coefficient (Wildman–Crippen LogP) is 2.50. The van der Waals surface area contributed by atoms with Crippen LogP contribution in [0.15, 0.2) is 48.5 Å². The predicted molar refractivity (Wildman–Crippen MR) is 91.4 cm³/mol. The van der Waals surface area contributed by atoms with Crippen LogP contribution in [0.25, 0.3) is 0 Å². The molecule has 6 heteroatoms. The van der Waals surface area contributed by atoms with Crippen LogP contribution < -0.4 is 5.32 Å². The molecule has 25 heavy (non-hydrogen) atoms. The number of hydrogen-bond donors (Lipinski definition) is 1. The monoisotopic (exact) mass is 342 g/mol. The molecule has 0 radical (unpaired) electrons. The lowest BCUT2D eigenvalue weighted by Crippen LogP contribution is -2.54. The van der Waals surface area contributed by atoms with Gasteiger partial charge >= 0.3 is 0 Å². The van der Waals surface area contributed by atoms with Crippen LogP contribution in [-0.4, -0.2) is 36.0 Å². The van der Waals surface area contributed by atoms with E-state index in [9.17, 15) is 14.0 Å². The number of amides is 2. The Kier molecular flexibility index (Phi) is 5.09. The van der Waals surface area contributed by atoms with Crippen molar-refractivity contribution in [2.45, 2.75) is 19.5 Å². The Morgan fingerprint density at radius 3 is 2.76 bits per heavy atom. The third-order valence-electron chi connectivity index (χ3n) is 4.07. The zero-order valence-electron chi connectivity index (χ0n) is 13.9. The van der Waals surface area contributed by atoms with Gasteiger partial charge < -0.3 is 15.0 Å². The van der Waals surface area contributed by atoms with Crippen LogP contribution in [0, 0.1) is 12.7 Å². The van der Waals surface area contributed by atoms with Gasteiger partial charge in [0.05, 0.1) is 6.61 Å². The number of aryl methyl sites for hydroxylation is 1. The number of nitrogens with zero attached hydrogens (tertiary/aromatic N) is 1. The molecule has 0 aliphatic carbocycles. The highest BCUT2D eigenvalue weighted by molar-refractivity contribution is 5.97. The highest BCUT2D eigenvalue weighted by atomic mass is 19.1. The molecule has 0 saturated carbocycles. The molecule has 1 saturated heterocycles. The van der Waals surface area contributed by atoms with Gasteiger partial charge in [-0.05, 0) is 30.7 Å². The summed E-state index contributed by atoms with van der Waals surface area (Å²) in [5.74, 6) is -1.08. The van der Waals surface area contributed by atoms with Crippen molar-refractivity contribution >= 4 is 17.5 Å². The van der Waals surface area contributed by atoms with E-state index in [4.69, 9.17) is 4.74 Å². The molecule has 0 aromatic heterocycles. The number of anilines is 1. The first-order valence-corrected chi connectivity index (χ1v) is 8.02. The van der Waals surface area contributed by atoms with Crippen molar-refractivity contribution in [1.29, 1.82) is 0 Å². The van der Waals surface area contributed by atoms with Crippen molar-refractivity contribution in [3.05, 3.63) is 65.5 Å². The summed E-state index contributed by atoms with van der Waals surface area (Å²) < 4.78 is 18.5. The SMILES string of the molecule is Cc1ccc(CN2C(=O)COC[C@H]2C(=O)Nc2cccc(F)c2)cc1. The molecule has 1 atom stereocenters. The zero-order valence-corrected chi connectivity index (χ0v) is 13.9. The first kappa shape index (κ1) is 17.1. The van der Waals surface area contributed by atoms with Crippen LogP contribution in [0.1, 0.15) is 11.1 Å². The molecular weight excluding hydrogens is 323 g/mol. The van der Waals surface area contributed by atoms with Crippen molar-refractivity contribution in [3.8, 4) is 0 Å². The van der Waals surface area contributed by atoms with E-state index in [-0.39, 0.29) is 19.1 Å².